The van der Waals surface area contributed by atoms with Crippen LogP contribution in [0.5, 0.6) is 0 Å². The lowest BCUT2D eigenvalue weighted by molar-refractivity contribution is -0.116. The summed E-state index contributed by atoms with van der Waals surface area (Å²) in [4.78, 5) is 23.4. The lowest BCUT2D eigenvalue weighted by Crippen LogP contribution is -2.28. The highest BCUT2D eigenvalue weighted by Crippen LogP contribution is 2.08. The zero-order valence-electron chi connectivity index (χ0n) is 10.4. The van der Waals surface area contributed by atoms with Crippen molar-refractivity contribution in [1.82, 2.24) is 4.57 Å². The summed E-state index contributed by atoms with van der Waals surface area (Å²) in [6.07, 6.45) is 0. The molecule has 5 heteroatoms. The van der Waals surface area contributed by atoms with Crippen LogP contribution in [0.2, 0.25) is 0 Å². The highest BCUT2D eigenvalue weighted by molar-refractivity contribution is 5.90. The zero-order valence-corrected chi connectivity index (χ0v) is 10.4. The quantitative estimate of drug-likeness (QED) is 0.916. The first-order chi connectivity index (χ1) is 9.06. The molecule has 1 heterocycles. The van der Waals surface area contributed by atoms with E-state index in [0.717, 1.165) is 0 Å². The number of carbonyl (C=O) groups excluding carboxylic acids is 1. The summed E-state index contributed by atoms with van der Waals surface area (Å²) in [5, 5.41) is 2.61. The molecular formula is C14H13FN2O2. The number of pyridine rings is 1. The number of hydrogen-bond acceptors (Lipinski definition) is 2. The summed E-state index contributed by atoms with van der Waals surface area (Å²) in [6.45, 7) is 1.69. The van der Waals surface area contributed by atoms with Gasteiger partial charge in [-0.3, -0.25) is 9.59 Å². The fourth-order valence-corrected chi connectivity index (χ4v) is 1.70. The number of nitrogens with one attached hydrogen (secondary N) is 1. The van der Waals surface area contributed by atoms with E-state index in [1.165, 1.54) is 34.9 Å². The molecule has 2 aromatic rings. The maximum absolute atomic E-state index is 12.7. The van der Waals surface area contributed by atoms with Gasteiger partial charge in [-0.15, -0.1) is 0 Å². The molecule has 0 aliphatic carbocycles. The highest BCUT2D eigenvalue weighted by Gasteiger charge is 2.06. The number of amides is 1. The van der Waals surface area contributed by atoms with Crippen LogP contribution >= 0.6 is 0 Å². The minimum atomic E-state index is -0.367. The second-order valence-corrected chi connectivity index (χ2v) is 4.15. The van der Waals surface area contributed by atoms with E-state index in [4.69, 9.17) is 0 Å². The molecule has 98 valence electrons. The molecule has 0 unspecified atom stereocenters. The van der Waals surface area contributed by atoms with Gasteiger partial charge in [0.25, 0.3) is 5.56 Å². The standard InChI is InChI=1S/C14H13FN2O2/c1-10-3-2-4-14(19)17(10)9-13(18)16-12-7-5-11(15)6-8-12/h2-8H,9H2,1H3,(H,16,18). The predicted octanol–water partition coefficient (Wildman–Crippen LogP) is 1.93. The van der Waals surface area contributed by atoms with E-state index in [1.54, 1.807) is 19.1 Å². The minimum absolute atomic E-state index is 0.0666. The Balaban J connectivity index is 2.10. The first-order valence-corrected chi connectivity index (χ1v) is 5.78. The number of benzene rings is 1. The lowest BCUT2D eigenvalue weighted by Gasteiger charge is -2.09. The maximum atomic E-state index is 12.7. The van der Waals surface area contributed by atoms with Crippen LogP contribution in [-0.4, -0.2) is 10.5 Å². The van der Waals surface area contributed by atoms with Gasteiger partial charge in [-0.1, -0.05) is 6.07 Å². The van der Waals surface area contributed by atoms with E-state index >= 15 is 0 Å². The van der Waals surface area contributed by atoms with Crippen molar-refractivity contribution in [2.45, 2.75) is 13.5 Å². The Morgan fingerprint density at radius 3 is 2.53 bits per heavy atom. The fraction of sp³-hybridized carbons (Fsp3) is 0.143. The third-order valence-electron chi connectivity index (χ3n) is 2.70. The normalized spacial score (nSPS) is 10.2. The first kappa shape index (κ1) is 13.0. The van der Waals surface area contributed by atoms with Crippen molar-refractivity contribution in [1.29, 1.82) is 0 Å². The predicted molar refractivity (Wildman–Crippen MR) is 70.5 cm³/mol. The minimum Gasteiger partial charge on any atom is -0.325 e. The molecule has 1 amide bonds. The molecule has 0 aliphatic heterocycles. The third kappa shape index (κ3) is 3.28. The Hall–Kier alpha value is -2.43. The Labute approximate surface area is 109 Å². The number of anilines is 1. The van der Waals surface area contributed by atoms with Crippen LogP contribution in [-0.2, 0) is 11.3 Å². The van der Waals surface area contributed by atoms with Crippen molar-refractivity contribution in [3.8, 4) is 0 Å². The van der Waals surface area contributed by atoms with Crippen LogP contribution in [0, 0.1) is 12.7 Å². The smallest absolute Gasteiger partial charge is 0.251 e. The van der Waals surface area contributed by atoms with Crippen molar-refractivity contribution in [2.24, 2.45) is 0 Å². The van der Waals surface area contributed by atoms with E-state index < -0.39 is 0 Å². The number of aromatic nitrogens is 1. The number of rotatable bonds is 3. The number of halogens is 1. The Kier molecular flexibility index (Phi) is 3.75. The Morgan fingerprint density at radius 1 is 1.21 bits per heavy atom. The molecule has 1 N–H and O–H groups in total. The van der Waals surface area contributed by atoms with Gasteiger partial charge < -0.3 is 9.88 Å². The van der Waals surface area contributed by atoms with E-state index in [0.29, 0.717) is 11.4 Å². The summed E-state index contributed by atoms with van der Waals surface area (Å²) in [5.41, 5.74) is 0.976. The van der Waals surface area contributed by atoms with Crippen LogP contribution in [0.1, 0.15) is 5.69 Å². The van der Waals surface area contributed by atoms with Gasteiger partial charge in [0.2, 0.25) is 5.91 Å². The molecule has 2 rings (SSSR count). The second-order valence-electron chi connectivity index (χ2n) is 4.15. The summed E-state index contributed by atoms with van der Waals surface area (Å²) in [7, 11) is 0. The molecule has 0 aliphatic rings. The van der Waals surface area contributed by atoms with E-state index in [1.807, 2.05) is 0 Å². The second kappa shape index (κ2) is 5.48. The highest BCUT2D eigenvalue weighted by atomic mass is 19.1. The van der Waals surface area contributed by atoms with Gasteiger partial charge in [-0.2, -0.15) is 0 Å². The molecule has 1 aromatic carbocycles. The third-order valence-corrected chi connectivity index (χ3v) is 2.70. The van der Waals surface area contributed by atoms with Gasteiger partial charge in [-0.05, 0) is 37.3 Å². The molecular weight excluding hydrogens is 247 g/mol. The molecule has 0 fully saturated rings. The van der Waals surface area contributed by atoms with Crippen LogP contribution in [0.25, 0.3) is 0 Å². The summed E-state index contributed by atoms with van der Waals surface area (Å²) >= 11 is 0. The van der Waals surface area contributed by atoms with Crippen LogP contribution < -0.4 is 10.9 Å². The Bertz CT molecular complexity index is 647. The monoisotopic (exact) mass is 260 g/mol. The largest absolute Gasteiger partial charge is 0.325 e. The summed E-state index contributed by atoms with van der Waals surface area (Å²) in [5.74, 6) is -0.698. The molecule has 4 nitrogen and oxygen atoms in total. The number of aryl methyl sites for hydroxylation is 1. The number of nitrogens with zero attached hydrogens (tertiary/aromatic N) is 1. The molecule has 0 radical (unpaired) electrons. The summed E-state index contributed by atoms with van der Waals surface area (Å²) < 4.78 is 14.1. The van der Waals surface area contributed by atoms with Gasteiger partial charge in [-0.25, -0.2) is 4.39 Å². The first-order valence-electron chi connectivity index (χ1n) is 5.78. The van der Waals surface area contributed by atoms with Crippen molar-refractivity contribution >= 4 is 11.6 Å². The molecule has 0 saturated carbocycles. The lowest BCUT2D eigenvalue weighted by atomic mass is 10.3. The molecule has 0 bridgehead atoms. The fourth-order valence-electron chi connectivity index (χ4n) is 1.70. The molecule has 1 aromatic heterocycles. The van der Waals surface area contributed by atoms with Crippen LogP contribution in [0.15, 0.2) is 47.3 Å². The van der Waals surface area contributed by atoms with Crippen molar-refractivity contribution in [3.05, 3.63) is 64.3 Å². The number of hydrogen-bond donors (Lipinski definition) is 1. The van der Waals surface area contributed by atoms with Crippen LogP contribution in [0.3, 0.4) is 0 Å². The molecule has 0 spiro atoms. The average Bonchev–Trinajstić information content (AvgIpc) is 2.37. The van der Waals surface area contributed by atoms with Gasteiger partial charge in [0.15, 0.2) is 0 Å². The summed E-state index contributed by atoms with van der Waals surface area (Å²) in [6, 6.07) is 10.3. The van der Waals surface area contributed by atoms with Crippen molar-refractivity contribution < 1.29 is 9.18 Å². The van der Waals surface area contributed by atoms with Gasteiger partial charge in [0.1, 0.15) is 12.4 Å². The topological polar surface area (TPSA) is 51.1 Å². The van der Waals surface area contributed by atoms with E-state index in [-0.39, 0.29) is 23.8 Å². The molecule has 0 atom stereocenters. The van der Waals surface area contributed by atoms with E-state index in [9.17, 15) is 14.0 Å². The van der Waals surface area contributed by atoms with Crippen molar-refractivity contribution in [2.75, 3.05) is 5.32 Å². The SMILES string of the molecule is Cc1cccc(=O)n1CC(=O)Nc1ccc(F)cc1. The maximum Gasteiger partial charge on any atom is 0.251 e. The van der Waals surface area contributed by atoms with Gasteiger partial charge in [0.05, 0.1) is 0 Å². The van der Waals surface area contributed by atoms with Gasteiger partial charge in [0, 0.05) is 17.4 Å². The average molecular weight is 260 g/mol. The molecule has 19 heavy (non-hydrogen) atoms. The zero-order chi connectivity index (χ0) is 13.8. The number of carbonyl (C=O) groups is 1. The van der Waals surface area contributed by atoms with Gasteiger partial charge >= 0.3 is 0 Å². The van der Waals surface area contributed by atoms with Crippen LogP contribution in [0.4, 0.5) is 10.1 Å². The van der Waals surface area contributed by atoms with E-state index in [2.05, 4.69) is 5.32 Å². The Morgan fingerprint density at radius 2 is 1.89 bits per heavy atom. The van der Waals surface area contributed by atoms with Crippen molar-refractivity contribution in [3.63, 3.8) is 0 Å². The molecule has 0 saturated heterocycles.